The van der Waals surface area contributed by atoms with Crippen LogP contribution in [0.25, 0.3) is 17.0 Å². The molecule has 166 valence electrons. The van der Waals surface area contributed by atoms with Gasteiger partial charge in [-0.3, -0.25) is 0 Å². The molecule has 0 aliphatic carbocycles. The number of hydrogen-bond acceptors (Lipinski definition) is 6. The van der Waals surface area contributed by atoms with Crippen LogP contribution in [0.2, 0.25) is 0 Å². The van der Waals surface area contributed by atoms with Crippen LogP contribution >= 0.6 is 12.2 Å². The van der Waals surface area contributed by atoms with Crippen molar-refractivity contribution < 1.29 is 14.0 Å². The molecule has 1 unspecified atom stereocenters. The van der Waals surface area contributed by atoms with E-state index < -0.39 is 0 Å². The molecule has 2 aromatic carbocycles. The summed E-state index contributed by atoms with van der Waals surface area (Å²) in [6, 6.07) is 17.5. The molecule has 4 rings (SSSR count). The molecular formula is C24H26N4O3S. The summed E-state index contributed by atoms with van der Waals surface area (Å²) in [4.78, 5) is 6.72. The number of allylic oxidation sites excluding steroid dienone is 1. The Balaban J connectivity index is 1.76. The van der Waals surface area contributed by atoms with Gasteiger partial charge >= 0.3 is 0 Å². The van der Waals surface area contributed by atoms with Crippen molar-refractivity contribution in [1.29, 1.82) is 0 Å². The number of methoxy groups -OCH3 is 1. The van der Waals surface area contributed by atoms with E-state index in [0.29, 0.717) is 36.6 Å². The highest BCUT2D eigenvalue weighted by atomic mass is 32.1. The van der Waals surface area contributed by atoms with Crippen molar-refractivity contribution in [1.82, 2.24) is 20.4 Å². The van der Waals surface area contributed by atoms with Gasteiger partial charge in [0.2, 0.25) is 5.82 Å². The van der Waals surface area contributed by atoms with Crippen molar-refractivity contribution in [3.63, 3.8) is 0 Å². The molecule has 0 radical (unpaired) electrons. The van der Waals surface area contributed by atoms with Crippen LogP contribution in [-0.4, -0.2) is 47.0 Å². The fourth-order valence-corrected chi connectivity index (χ4v) is 4.07. The second-order valence-electron chi connectivity index (χ2n) is 7.32. The third-order valence-electron chi connectivity index (χ3n) is 5.33. The first-order valence-electron chi connectivity index (χ1n) is 10.5. The Morgan fingerprint density at radius 1 is 1.12 bits per heavy atom. The van der Waals surface area contributed by atoms with Crippen molar-refractivity contribution in [3.8, 4) is 17.1 Å². The highest BCUT2D eigenvalue weighted by Crippen LogP contribution is 2.37. The monoisotopic (exact) mass is 450 g/mol. The maximum atomic E-state index is 5.75. The highest BCUT2D eigenvalue weighted by Gasteiger charge is 2.34. The summed E-state index contributed by atoms with van der Waals surface area (Å²) in [6.45, 7) is 5.76. The first-order chi connectivity index (χ1) is 15.6. The van der Waals surface area contributed by atoms with Crippen LogP contribution in [0, 0.1) is 0 Å². The third kappa shape index (κ3) is 4.51. The number of thiocarbonyl (C=S) groups is 1. The standard InChI is InChI=1S/C24H26N4O3S/c1-4-30-19-12-10-17(11-13-19)21-20(16(2)28(14-15-29-3)24(32)25-21)23-26-22(27-31-23)18-8-6-5-7-9-18/h5-13,21H,4,14-15H2,1-3H3,(H,25,32). The summed E-state index contributed by atoms with van der Waals surface area (Å²) in [5.41, 5.74) is 3.76. The summed E-state index contributed by atoms with van der Waals surface area (Å²) >= 11 is 5.68. The first kappa shape index (κ1) is 22.0. The van der Waals surface area contributed by atoms with Crippen LogP contribution < -0.4 is 10.1 Å². The lowest BCUT2D eigenvalue weighted by Crippen LogP contribution is -2.47. The molecule has 32 heavy (non-hydrogen) atoms. The van der Waals surface area contributed by atoms with Gasteiger partial charge in [-0.25, -0.2) is 0 Å². The summed E-state index contributed by atoms with van der Waals surface area (Å²) < 4.78 is 16.6. The number of nitrogens with one attached hydrogen (secondary N) is 1. The van der Waals surface area contributed by atoms with E-state index >= 15 is 0 Å². The zero-order valence-electron chi connectivity index (χ0n) is 18.4. The lowest BCUT2D eigenvalue weighted by atomic mass is 9.94. The number of ether oxygens (including phenoxy) is 2. The van der Waals surface area contributed by atoms with Crippen LogP contribution in [0.5, 0.6) is 5.75 Å². The zero-order chi connectivity index (χ0) is 22.5. The first-order valence-corrected chi connectivity index (χ1v) is 10.9. The summed E-state index contributed by atoms with van der Waals surface area (Å²) in [6.07, 6.45) is 0. The van der Waals surface area contributed by atoms with Gasteiger partial charge in [0.15, 0.2) is 5.11 Å². The van der Waals surface area contributed by atoms with Crippen LogP contribution in [0.4, 0.5) is 0 Å². The molecule has 2 heterocycles. The Labute approximate surface area is 193 Å². The molecule has 0 spiro atoms. The largest absolute Gasteiger partial charge is 0.494 e. The van der Waals surface area contributed by atoms with Crippen LogP contribution in [0.3, 0.4) is 0 Å². The molecule has 1 N–H and O–H groups in total. The van der Waals surface area contributed by atoms with Gasteiger partial charge in [-0.1, -0.05) is 47.6 Å². The molecule has 8 heteroatoms. The maximum absolute atomic E-state index is 5.75. The van der Waals surface area contributed by atoms with Crippen molar-refractivity contribution in [2.45, 2.75) is 19.9 Å². The van der Waals surface area contributed by atoms with Gasteiger partial charge in [0.25, 0.3) is 5.89 Å². The van der Waals surface area contributed by atoms with E-state index in [2.05, 4.69) is 10.5 Å². The summed E-state index contributed by atoms with van der Waals surface area (Å²) in [5.74, 6) is 1.82. The van der Waals surface area contributed by atoms with Gasteiger partial charge in [0.05, 0.1) is 24.8 Å². The maximum Gasteiger partial charge on any atom is 0.258 e. The SMILES string of the molecule is CCOc1ccc(C2NC(=S)N(CCOC)C(C)=C2c2nc(-c3ccccc3)no2)cc1. The summed E-state index contributed by atoms with van der Waals surface area (Å²) in [5, 5.41) is 8.30. The fourth-order valence-electron chi connectivity index (χ4n) is 3.72. The van der Waals surface area contributed by atoms with E-state index in [1.54, 1.807) is 7.11 Å². The smallest absolute Gasteiger partial charge is 0.258 e. The van der Waals surface area contributed by atoms with E-state index in [1.807, 2.05) is 73.3 Å². The Kier molecular flexibility index (Phi) is 6.82. The van der Waals surface area contributed by atoms with Crippen LogP contribution in [-0.2, 0) is 4.74 Å². The third-order valence-corrected chi connectivity index (χ3v) is 5.67. The molecule has 1 aromatic heterocycles. The topological polar surface area (TPSA) is 72.7 Å². The second-order valence-corrected chi connectivity index (χ2v) is 7.70. The number of benzene rings is 2. The second kappa shape index (κ2) is 9.93. The predicted molar refractivity (Wildman–Crippen MR) is 127 cm³/mol. The molecule has 1 atom stereocenters. The molecule has 3 aromatic rings. The van der Waals surface area contributed by atoms with E-state index in [-0.39, 0.29) is 6.04 Å². The average Bonchev–Trinajstić information content (AvgIpc) is 3.30. The van der Waals surface area contributed by atoms with E-state index in [4.69, 9.17) is 31.2 Å². The van der Waals surface area contributed by atoms with Gasteiger partial charge in [-0.2, -0.15) is 4.98 Å². The molecule has 0 saturated heterocycles. The number of nitrogens with zero attached hydrogens (tertiary/aromatic N) is 3. The molecule has 0 fully saturated rings. The normalized spacial score (nSPS) is 16.3. The zero-order valence-corrected chi connectivity index (χ0v) is 19.2. The minimum Gasteiger partial charge on any atom is -0.494 e. The quantitative estimate of drug-likeness (QED) is 0.505. The Hall–Kier alpha value is -3.23. The molecule has 0 amide bonds. The number of rotatable bonds is 8. The lowest BCUT2D eigenvalue weighted by Gasteiger charge is -2.37. The number of hydrogen-bond donors (Lipinski definition) is 1. The van der Waals surface area contributed by atoms with Gasteiger partial charge < -0.3 is 24.2 Å². The minimum atomic E-state index is -0.235. The molecule has 0 bridgehead atoms. The molecular weight excluding hydrogens is 424 g/mol. The molecule has 1 aliphatic rings. The predicted octanol–water partition coefficient (Wildman–Crippen LogP) is 4.44. The van der Waals surface area contributed by atoms with E-state index in [0.717, 1.165) is 28.1 Å². The van der Waals surface area contributed by atoms with E-state index in [1.165, 1.54) is 0 Å². The molecule has 0 saturated carbocycles. The lowest BCUT2D eigenvalue weighted by molar-refractivity contribution is 0.183. The van der Waals surface area contributed by atoms with Crippen molar-refractivity contribution in [2.75, 3.05) is 26.9 Å². The number of aromatic nitrogens is 2. The fraction of sp³-hybridized carbons (Fsp3) is 0.292. The van der Waals surface area contributed by atoms with Crippen LogP contribution in [0.1, 0.15) is 31.3 Å². The highest BCUT2D eigenvalue weighted by molar-refractivity contribution is 7.80. The Morgan fingerprint density at radius 3 is 2.56 bits per heavy atom. The summed E-state index contributed by atoms with van der Waals surface area (Å²) in [7, 11) is 1.67. The van der Waals surface area contributed by atoms with Crippen molar-refractivity contribution in [2.24, 2.45) is 0 Å². The molecule has 7 nitrogen and oxygen atoms in total. The van der Waals surface area contributed by atoms with E-state index in [9.17, 15) is 0 Å². The van der Waals surface area contributed by atoms with Gasteiger partial charge in [-0.05, 0) is 43.8 Å². The molecule has 1 aliphatic heterocycles. The van der Waals surface area contributed by atoms with Gasteiger partial charge in [0.1, 0.15) is 5.75 Å². The van der Waals surface area contributed by atoms with Gasteiger partial charge in [-0.15, -0.1) is 0 Å². The minimum absolute atomic E-state index is 0.235. The van der Waals surface area contributed by atoms with Crippen LogP contribution in [0.15, 0.2) is 64.8 Å². The van der Waals surface area contributed by atoms with Crippen molar-refractivity contribution >= 4 is 22.9 Å². The Bertz CT molecular complexity index is 1100. The van der Waals surface area contributed by atoms with Gasteiger partial charge in [0, 0.05) is 24.9 Å². The average molecular weight is 451 g/mol. The van der Waals surface area contributed by atoms with Crippen molar-refractivity contribution in [3.05, 3.63) is 71.7 Å². The Morgan fingerprint density at radius 2 is 1.88 bits per heavy atom.